The summed E-state index contributed by atoms with van der Waals surface area (Å²) in [5.41, 5.74) is 9.12. The molecule has 2 heterocycles. The molecule has 2 aromatic carbocycles. The number of para-hydroxylation sites is 2. The van der Waals surface area contributed by atoms with Crippen LogP contribution in [-0.2, 0) is 17.3 Å². The van der Waals surface area contributed by atoms with E-state index in [0.717, 1.165) is 129 Å². The first-order valence-electron chi connectivity index (χ1n) is 40.3. The minimum absolute atomic E-state index is 0.129. The molecule has 1 fully saturated rings. The van der Waals surface area contributed by atoms with E-state index in [9.17, 15) is 0 Å². The summed E-state index contributed by atoms with van der Waals surface area (Å²) in [5, 5.41) is 14.6. The Bertz CT molecular complexity index is 2570. The lowest BCUT2D eigenvalue weighted by Gasteiger charge is -2.44. The molecule has 1 aliphatic carbocycles. The maximum absolute atomic E-state index is 6.06. The van der Waals surface area contributed by atoms with Crippen molar-refractivity contribution in [1.29, 1.82) is 0 Å². The summed E-state index contributed by atoms with van der Waals surface area (Å²) in [6, 6.07) is 20.9. The van der Waals surface area contributed by atoms with Crippen LogP contribution < -0.4 is 27.0 Å². The van der Waals surface area contributed by atoms with Gasteiger partial charge in [0.1, 0.15) is 17.5 Å². The molecule has 536 valence electrons. The number of benzene rings is 2. The summed E-state index contributed by atoms with van der Waals surface area (Å²) >= 11 is 0. The average molecular weight is 1310 g/mol. The lowest BCUT2D eigenvalue weighted by Crippen LogP contribution is -2.47. The fourth-order valence-corrected chi connectivity index (χ4v) is 15.7. The van der Waals surface area contributed by atoms with Crippen molar-refractivity contribution in [2.24, 2.45) is 41.2 Å². The zero-order chi connectivity index (χ0) is 68.2. The predicted octanol–water partition coefficient (Wildman–Crippen LogP) is 24.1. The van der Waals surface area contributed by atoms with Gasteiger partial charge in [0, 0.05) is 41.2 Å². The smallest absolute Gasteiger partial charge is 0.232 e. The second kappa shape index (κ2) is 48.3. The summed E-state index contributed by atoms with van der Waals surface area (Å²) in [6.07, 6.45) is 56.2. The number of nitrogens with two attached hydrogens (primary N) is 1. The summed E-state index contributed by atoms with van der Waals surface area (Å²) in [5.74, 6) is 9.88. The van der Waals surface area contributed by atoms with Gasteiger partial charge in [0.15, 0.2) is 0 Å². The number of anilines is 5. The summed E-state index contributed by atoms with van der Waals surface area (Å²) < 4.78 is 0. The predicted molar refractivity (Wildman–Crippen MR) is 412 cm³/mol. The van der Waals surface area contributed by atoms with E-state index in [0.29, 0.717) is 23.8 Å². The highest BCUT2D eigenvalue weighted by Crippen LogP contribution is 2.48. The number of rotatable bonds is 56. The van der Waals surface area contributed by atoms with Crippen molar-refractivity contribution in [3.05, 3.63) is 89.8 Å². The van der Waals surface area contributed by atoms with Gasteiger partial charge in [-0.25, -0.2) is 4.98 Å². The van der Waals surface area contributed by atoms with Crippen LogP contribution in [0.1, 0.15) is 350 Å². The Morgan fingerprint density at radius 1 is 0.484 bits per heavy atom. The van der Waals surface area contributed by atoms with Gasteiger partial charge in [-0.05, 0) is 164 Å². The van der Waals surface area contributed by atoms with Crippen LogP contribution in [0.25, 0.3) is 0 Å². The highest BCUT2D eigenvalue weighted by Gasteiger charge is 2.39. The van der Waals surface area contributed by atoms with E-state index in [-0.39, 0.29) is 16.9 Å². The molecule has 0 aliphatic heterocycles. The van der Waals surface area contributed by atoms with E-state index >= 15 is 0 Å². The van der Waals surface area contributed by atoms with Gasteiger partial charge in [0.05, 0.1) is 0 Å². The van der Waals surface area contributed by atoms with Crippen molar-refractivity contribution >= 4 is 29.2 Å². The third-order valence-electron chi connectivity index (χ3n) is 22.3. The quantitative estimate of drug-likeness (QED) is 0.0212. The Kier molecular flexibility index (Phi) is 41.3. The Morgan fingerprint density at radius 3 is 1.51 bits per heavy atom. The standard InChI is InChI=1S/C84H145N11/c1-12-18-20-34-50-70-61-62-71(51-35-28-24-22-27-31-43-66-87-80-92-78(83(9,10)16-5)93-82(95-80)89-73-54-38-33-39-55-73)75(74(70)56-40-21-19-13-2)57-41-29-25-23-26-30-42-65-86-76(15-4)84(11,17-6)79-90-77(91-81(94-79)88-72-52-36-32-37-53-72)58-45-49-68(46-14-3)47-44-48-69(63-64-85)60-59-67(7)8/h32-33,36-39,52-55,59,68-71,74-76,86H,12-31,34-35,40-51,56-58,60-66,85H2,1-11H3,(H,88,90,91,94)(H2,87,89,92,93,95). The molecule has 95 heavy (non-hydrogen) atoms. The molecule has 1 aliphatic rings. The number of allylic oxidation sites excluding steroid dienone is 2. The third-order valence-corrected chi connectivity index (χ3v) is 22.3. The Hall–Kier alpha value is -4.48. The van der Waals surface area contributed by atoms with Gasteiger partial charge < -0.3 is 27.0 Å². The number of hydrogen-bond donors (Lipinski definition) is 5. The first-order valence-corrected chi connectivity index (χ1v) is 40.3. The van der Waals surface area contributed by atoms with Crippen molar-refractivity contribution in [1.82, 2.24) is 35.2 Å². The second-order valence-corrected chi connectivity index (χ2v) is 30.6. The molecule has 0 spiro atoms. The first kappa shape index (κ1) is 81.2. The van der Waals surface area contributed by atoms with Crippen LogP contribution in [0.15, 0.2) is 72.3 Å². The zero-order valence-corrected chi connectivity index (χ0v) is 63.3. The average Bonchev–Trinajstić information content (AvgIpc) is 0.867. The van der Waals surface area contributed by atoms with Gasteiger partial charge >= 0.3 is 0 Å². The molecule has 0 saturated heterocycles. The zero-order valence-electron chi connectivity index (χ0n) is 63.3. The molecule has 0 bridgehead atoms. The molecule has 1 saturated carbocycles. The highest BCUT2D eigenvalue weighted by molar-refractivity contribution is 5.54. The van der Waals surface area contributed by atoms with Gasteiger partial charge in [-0.2, -0.15) is 24.9 Å². The molecule has 0 amide bonds. The van der Waals surface area contributed by atoms with E-state index in [1.54, 1.807) is 0 Å². The molecule has 11 heteroatoms. The van der Waals surface area contributed by atoms with Gasteiger partial charge in [0.2, 0.25) is 17.8 Å². The molecule has 2 aromatic heterocycles. The van der Waals surface area contributed by atoms with Crippen LogP contribution >= 0.6 is 0 Å². The minimum atomic E-state index is -0.223. The van der Waals surface area contributed by atoms with Crippen LogP contribution in [0, 0.1) is 35.5 Å². The van der Waals surface area contributed by atoms with Crippen LogP contribution in [0.3, 0.4) is 0 Å². The number of aryl methyl sites for hydroxylation is 1. The summed E-state index contributed by atoms with van der Waals surface area (Å²) in [7, 11) is 0. The maximum atomic E-state index is 6.06. The minimum Gasteiger partial charge on any atom is -0.354 e. The van der Waals surface area contributed by atoms with Gasteiger partial charge in [0.25, 0.3) is 0 Å². The van der Waals surface area contributed by atoms with Gasteiger partial charge in [-0.3, -0.25) is 0 Å². The van der Waals surface area contributed by atoms with Gasteiger partial charge in [-0.1, -0.05) is 290 Å². The molecule has 8 unspecified atom stereocenters. The maximum Gasteiger partial charge on any atom is 0.232 e. The largest absolute Gasteiger partial charge is 0.354 e. The van der Waals surface area contributed by atoms with E-state index in [1.165, 1.54) is 217 Å². The number of nitrogens with one attached hydrogen (secondary N) is 4. The number of aromatic nitrogens is 6. The molecule has 6 N–H and O–H groups in total. The highest BCUT2D eigenvalue weighted by atomic mass is 15.2. The normalized spacial score (nSPS) is 17.5. The first-order chi connectivity index (χ1) is 46.3. The van der Waals surface area contributed by atoms with E-state index in [1.807, 2.05) is 30.3 Å². The number of unbranched alkanes of at least 4 members (excludes halogenated alkanes) is 18. The SMILES string of the molecule is CCCCCCC1CCC(CCCCCCCCCNc2nc(Nc3ccccc3)nc(C(C)(C)CC)n2)C(CCCCCCCCCNC(CC)C(C)(CC)c2nc(CCCC(CCC)CCCC(CC=C(C)C)CCN)nc(Nc3ccccc3)n2)C1CCCCCC. The van der Waals surface area contributed by atoms with Crippen molar-refractivity contribution in [2.75, 3.05) is 35.6 Å². The van der Waals surface area contributed by atoms with Crippen LogP contribution in [-0.4, -0.2) is 55.6 Å². The van der Waals surface area contributed by atoms with Crippen molar-refractivity contribution in [2.45, 2.75) is 356 Å². The Balaban J connectivity index is 1.08. The molecule has 11 nitrogen and oxygen atoms in total. The van der Waals surface area contributed by atoms with Crippen LogP contribution in [0.4, 0.5) is 29.2 Å². The molecule has 5 rings (SSSR count). The number of hydrogen-bond acceptors (Lipinski definition) is 11. The fraction of sp³-hybridized carbons (Fsp3) is 0.762. The van der Waals surface area contributed by atoms with Crippen molar-refractivity contribution in [3.8, 4) is 0 Å². The summed E-state index contributed by atoms with van der Waals surface area (Å²) in [4.78, 5) is 30.2. The van der Waals surface area contributed by atoms with E-state index in [4.69, 9.17) is 35.6 Å². The molecule has 8 atom stereocenters. The van der Waals surface area contributed by atoms with E-state index < -0.39 is 0 Å². The lowest BCUT2D eigenvalue weighted by atomic mass is 9.61. The lowest BCUT2D eigenvalue weighted by molar-refractivity contribution is 0.0581. The number of nitrogens with zero attached hydrogens (tertiary/aromatic N) is 6. The van der Waals surface area contributed by atoms with Crippen molar-refractivity contribution < 1.29 is 0 Å². The van der Waals surface area contributed by atoms with Gasteiger partial charge in [-0.15, -0.1) is 0 Å². The second-order valence-electron chi connectivity index (χ2n) is 30.6. The van der Waals surface area contributed by atoms with Crippen molar-refractivity contribution in [3.63, 3.8) is 0 Å². The molecule has 0 radical (unpaired) electrons. The Labute approximate surface area is 584 Å². The molecule has 4 aromatic rings. The van der Waals surface area contributed by atoms with Crippen LogP contribution in [0.2, 0.25) is 0 Å². The topological polar surface area (TPSA) is 151 Å². The monoisotopic (exact) mass is 1310 g/mol. The molecular weight excluding hydrogens is 1160 g/mol. The van der Waals surface area contributed by atoms with Crippen LogP contribution in [0.5, 0.6) is 0 Å². The third kappa shape index (κ3) is 31.5. The molecular formula is C84H145N11. The fourth-order valence-electron chi connectivity index (χ4n) is 15.7. The van der Waals surface area contributed by atoms with E-state index in [2.05, 4.69) is 134 Å². The Morgan fingerprint density at radius 2 is 0.979 bits per heavy atom. The summed E-state index contributed by atoms with van der Waals surface area (Å²) in [6.45, 7) is 27.9.